The minimum Gasteiger partial charge on any atom is -0.375 e. The van der Waals surface area contributed by atoms with Crippen molar-refractivity contribution in [3.8, 4) is 0 Å². The van der Waals surface area contributed by atoms with E-state index >= 15 is 0 Å². The topological polar surface area (TPSA) is 54.4 Å². The Morgan fingerprint density at radius 3 is 2.69 bits per heavy atom. The SMILES string of the molecule is C/C=C1\C(C)=C2NC3C(c4c2c(nc2ccccc42)C1(C)C)C3(O)OC. The first-order chi connectivity index (χ1) is 12.4. The second-order valence-corrected chi connectivity index (χ2v) is 8.15. The van der Waals surface area contributed by atoms with Crippen molar-refractivity contribution in [3.63, 3.8) is 0 Å². The number of nitrogens with zero attached hydrogens (tertiary/aromatic N) is 1. The van der Waals surface area contributed by atoms with Gasteiger partial charge in [0.05, 0.1) is 23.2 Å². The van der Waals surface area contributed by atoms with Crippen LogP contribution in [0.5, 0.6) is 0 Å². The van der Waals surface area contributed by atoms with Gasteiger partial charge in [0.1, 0.15) is 0 Å². The van der Waals surface area contributed by atoms with Crippen LogP contribution in [0, 0.1) is 0 Å². The van der Waals surface area contributed by atoms with Crippen molar-refractivity contribution in [2.45, 2.75) is 50.9 Å². The van der Waals surface area contributed by atoms with Gasteiger partial charge < -0.3 is 15.2 Å². The monoisotopic (exact) mass is 348 g/mol. The first-order valence-electron chi connectivity index (χ1n) is 9.21. The number of ether oxygens (including phenoxy) is 1. The zero-order valence-electron chi connectivity index (χ0n) is 15.8. The van der Waals surface area contributed by atoms with Crippen LogP contribution in [0.15, 0.2) is 41.5 Å². The van der Waals surface area contributed by atoms with Crippen LogP contribution >= 0.6 is 0 Å². The minimum absolute atomic E-state index is 0.0753. The van der Waals surface area contributed by atoms with Gasteiger partial charge in [-0.25, -0.2) is 0 Å². The molecule has 0 saturated heterocycles. The number of para-hydroxylation sites is 1. The number of methoxy groups -OCH3 is 1. The fourth-order valence-electron chi connectivity index (χ4n) is 5.26. The number of fused-ring (bicyclic) bond motifs is 4. The van der Waals surface area contributed by atoms with Crippen molar-refractivity contribution in [1.29, 1.82) is 0 Å². The van der Waals surface area contributed by atoms with Crippen molar-refractivity contribution in [3.05, 3.63) is 58.3 Å². The van der Waals surface area contributed by atoms with Crippen molar-refractivity contribution < 1.29 is 9.84 Å². The zero-order chi connectivity index (χ0) is 18.4. The highest BCUT2D eigenvalue weighted by Crippen LogP contribution is 2.61. The van der Waals surface area contributed by atoms with E-state index < -0.39 is 5.79 Å². The molecule has 0 radical (unpaired) electrons. The van der Waals surface area contributed by atoms with Gasteiger partial charge in [-0.3, -0.25) is 4.98 Å². The normalized spacial score (nSPS) is 32.3. The molecule has 3 unspecified atom stereocenters. The first kappa shape index (κ1) is 16.0. The Kier molecular flexibility index (Phi) is 2.93. The van der Waals surface area contributed by atoms with Crippen LogP contribution in [0.3, 0.4) is 0 Å². The Balaban J connectivity index is 1.96. The molecule has 2 aliphatic carbocycles. The number of benzene rings is 1. The summed E-state index contributed by atoms with van der Waals surface area (Å²) in [5, 5.41) is 15.7. The molecule has 0 bridgehead atoms. The van der Waals surface area contributed by atoms with Gasteiger partial charge in [0.25, 0.3) is 0 Å². The van der Waals surface area contributed by atoms with Crippen LogP contribution in [-0.4, -0.2) is 29.0 Å². The number of aliphatic hydroxyl groups is 1. The predicted molar refractivity (Wildman–Crippen MR) is 103 cm³/mol. The lowest BCUT2D eigenvalue weighted by Gasteiger charge is -2.39. The van der Waals surface area contributed by atoms with Crippen molar-refractivity contribution >= 4 is 16.6 Å². The average molecular weight is 348 g/mol. The van der Waals surface area contributed by atoms with Gasteiger partial charge in [0.15, 0.2) is 5.79 Å². The number of allylic oxidation sites excluding steroid dienone is 3. The predicted octanol–water partition coefficient (Wildman–Crippen LogP) is 3.61. The van der Waals surface area contributed by atoms with Crippen molar-refractivity contribution in [2.75, 3.05) is 7.11 Å². The highest BCUT2D eigenvalue weighted by Gasteiger charge is 2.70. The van der Waals surface area contributed by atoms with Crippen LogP contribution < -0.4 is 5.32 Å². The maximum atomic E-state index is 11.0. The maximum Gasteiger partial charge on any atom is 0.195 e. The number of nitrogens with one attached hydrogen (secondary N) is 1. The Labute approximate surface area is 153 Å². The summed E-state index contributed by atoms with van der Waals surface area (Å²) in [5.41, 5.74) is 7.81. The zero-order valence-corrected chi connectivity index (χ0v) is 15.8. The molecule has 4 nitrogen and oxygen atoms in total. The third-order valence-corrected chi connectivity index (χ3v) is 6.57. The molecule has 2 N–H and O–H groups in total. The van der Waals surface area contributed by atoms with E-state index in [2.05, 4.69) is 51.2 Å². The molecule has 2 heterocycles. The highest BCUT2D eigenvalue weighted by atomic mass is 16.6. The summed E-state index contributed by atoms with van der Waals surface area (Å²) in [6.07, 6.45) is 2.19. The lowest BCUT2D eigenvalue weighted by molar-refractivity contribution is -0.110. The van der Waals surface area contributed by atoms with E-state index in [0.29, 0.717) is 0 Å². The maximum absolute atomic E-state index is 11.0. The average Bonchev–Trinajstić information content (AvgIpc) is 3.24. The van der Waals surface area contributed by atoms with Crippen LogP contribution in [0.1, 0.15) is 50.4 Å². The number of pyridine rings is 1. The third-order valence-electron chi connectivity index (χ3n) is 6.57. The van der Waals surface area contributed by atoms with E-state index in [1.54, 1.807) is 7.11 Å². The van der Waals surface area contributed by atoms with E-state index in [-0.39, 0.29) is 17.4 Å². The smallest absolute Gasteiger partial charge is 0.195 e. The summed E-state index contributed by atoms with van der Waals surface area (Å²) in [6.45, 7) is 8.72. The highest BCUT2D eigenvalue weighted by molar-refractivity contribution is 5.94. The molecule has 1 aromatic heterocycles. The molecule has 4 heteroatoms. The molecule has 3 aliphatic rings. The van der Waals surface area contributed by atoms with Crippen LogP contribution in [0.2, 0.25) is 0 Å². The van der Waals surface area contributed by atoms with E-state index in [1.165, 1.54) is 16.7 Å². The largest absolute Gasteiger partial charge is 0.375 e. The van der Waals surface area contributed by atoms with Gasteiger partial charge in [0, 0.05) is 29.2 Å². The Hall–Kier alpha value is -2.17. The summed E-state index contributed by atoms with van der Waals surface area (Å²) in [7, 11) is 1.58. The molecular weight excluding hydrogens is 324 g/mol. The molecular formula is C22H24N2O2. The summed E-state index contributed by atoms with van der Waals surface area (Å²) in [4.78, 5) is 5.08. The summed E-state index contributed by atoms with van der Waals surface area (Å²) in [5.74, 6) is -1.24. The van der Waals surface area contributed by atoms with Gasteiger partial charge in [-0.15, -0.1) is 0 Å². The van der Waals surface area contributed by atoms with E-state index in [0.717, 1.165) is 27.9 Å². The van der Waals surface area contributed by atoms with E-state index in [4.69, 9.17) is 9.72 Å². The molecule has 1 aromatic carbocycles. The number of aromatic nitrogens is 1. The Morgan fingerprint density at radius 2 is 2.00 bits per heavy atom. The lowest BCUT2D eigenvalue weighted by atomic mass is 9.68. The van der Waals surface area contributed by atoms with Gasteiger partial charge in [-0.1, -0.05) is 38.1 Å². The van der Waals surface area contributed by atoms with Crippen molar-refractivity contribution in [2.24, 2.45) is 0 Å². The summed E-state index contributed by atoms with van der Waals surface area (Å²) >= 11 is 0. The second-order valence-electron chi connectivity index (χ2n) is 8.15. The molecule has 1 fully saturated rings. The van der Waals surface area contributed by atoms with Gasteiger partial charge >= 0.3 is 0 Å². The molecule has 0 spiro atoms. The molecule has 2 aromatic rings. The van der Waals surface area contributed by atoms with Crippen molar-refractivity contribution in [1.82, 2.24) is 10.3 Å². The summed E-state index contributed by atoms with van der Waals surface area (Å²) in [6, 6.07) is 8.12. The minimum atomic E-state index is -1.16. The molecule has 1 saturated carbocycles. The van der Waals surface area contributed by atoms with Gasteiger partial charge in [-0.2, -0.15) is 0 Å². The molecule has 1 aliphatic heterocycles. The molecule has 0 amide bonds. The van der Waals surface area contributed by atoms with Crippen LogP contribution in [-0.2, 0) is 10.2 Å². The lowest BCUT2D eigenvalue weighted by Crippen LogP contribution is -2.36. The second kappa shape index (κ2) is 4.76. The van der Waals surface area contributed by atoms with E-state index in [9.17, 15) is 5.11 Å². The standard InChI is InChI=1S/C22H24N2O2/c1-6-13-11(2)18-16-15(17-20(24-18)22(17,25)26-5)12-9-7-8-10-14(12)23-19(16)21(13,3)4/h6-10,17,20,24-25H,1-5H3/b13-6+. The number of hydrogen-bond donors (Lipinski definition) is 2. The van der Waals surface area contributed by atoms with Crippen LogP contribution in [0.25, 0.3) is 16.6 Å². The Bertz CT molecular complexity index is 1030. The van der Waals surface area contributed by atoms with E-state index in [1.807, 2.05) is 12.1 Å². The number of hydrogen-bond acceptors (Lipinski definition) is 4. The number of rotatable bonds is 1. The van der Waals surface area contributed by atoms with Crippen LogP contribution in [0.4, 0.5) is 0 Å². The summed E-state index contributed by atoms with van der Waals surface area (Å²) < 4.78 is 5.53. The molecule has 26 heavy (non-hydrogen) atoms. The third kappa shape index (κ3) is 1.65. The van der Waals surface area contributed by atoms with Gasteiger partial charge in [-0.05, 0) is 36.6 Å². The van der Waals surface area contributed by atoms with Gasteiger partial charge in [0.2, 0.25) is 0 Å². The molecule has 5 rings (SSSR count). The molecule has 3 atom stereocenters. The fraction of sp³-hybridized carbons (Fsp3) is 0.409. The molecule has 134 valence electrons. The quantitative estimate of drug-likeness (QED) is 0.773. The fourth-order valence-corrected chi connectivity index (χ4v) is 5.26. The first-order valence-corrected chi connectivity index (χ1v) is 9.21. The Morgan fingerprint density at radius 1 is 1.27 bits per heavy atom.